The molecule has 0 saturated carbocycles. The van der Waals surface area contributed by atoms with Crippen molar-refractivity contribution in [3.8, 4) is 5.75 Å². The summed E-state index contributed by atoms with van der Waals surface area (Å²) >= 11 is 5.93. The maximum atomic E-state index is 12.8. The van der Waals surface area contributed by atoms with Gasteiger partial charge in [-0.3, -0.25) is 14.4 Å². The fourth-order valence-corrected chi connectivity index (χ4v) is 7.03. The number of carbonyl (C=O) groups excluding carboxylic acids is 1. The number of ketones is 1. The van der Waals surface area contributed by atoms with E-state index in [9.17, 15) is 4.79 Å². The number of ether oxygens (including phenoxy) is 1. The van der Waals surface area contributed by atoms with Crippen LogP contribution < -0.4 is 4.74 Å². The second-order valence-corrected chi connectivity index (χ2v) is 12.3. The Morgan fingerprint density at radius 3 is 2.47 bits per heavy atom. The Hall–Kier alpha value is -2.86. The van der Waals surface area contributed by atoms with Gasteiger partial charge in [0.25, 0.3) is 0 Å². The van der Waals surface area contributed by atoms with E-state index in [1.54, 1.807) is 35.0 Å². The average molecular weight is 555 g/mol. The fourth-order valence-electron chi connectivity index (χ4n) is 4.42. The Morgan fingerprint density at radius 1 is 1.03 bits per heavy atom. The van der Waals surface area contributed by atoms with Crippen molar-refractivity contribution in [3.63, 3.8) is 0 Å². The summed E-state index contributed by atoms with van der Waals surface area (Å²) in [6.07, 6.45) is 5.97. The van der Waals surface area contributed by atoms with E-state index in [1.165, 1.54) is 6.08 Å². The second-order valence-electron chi connectivity index (χ2n) is 9.18. The van der Waals surface area contributed by atoms with E-state index in [2.05, 4.69) is 15.2 Å². The van der Waals surface area contributed by atoms with Gasteiger partial charge in [-0.2, -0.15) is 0 Å². The van der Waals surface area contributed by atoms with Crippen molar-refractivity contribution in [1.82, 2.24) is 19.9 Å². The number of fused-ring (bicyclic) bond motifs is 6. The second kappa shape index (κ2) is 12.8. The monoisotopic (exact) mass is 554 g/mol. The minimum atomic E-state index is -2.64. The molecule has 0 radical (unpaired) electrons. The zero-order valence-electron chi connectivity index (χ0n) is 21.1. The van der Waals surface area contributed by atoms with E-state index in [-0.39, 0.29) is 12.4 Å². The van der Waals surface area contributed by atoms with Crippen molar-refractivity contribution >= 4 is 32.3 Å². The Morgan fingerprint density at radius 2 is 1.74 bits per heavy atom. The minimum absolute atomic E-state index is 0.148. The first-order valence-electron chi connectivity index (χ1n) is 12.8. The van der Waals surface area contributed by atoms with Crippen LogP contribution in [-0.4, -0.2) is 73.9 Å². The number of hydrogen-bond donors (Lipinski definition) is 0. The molecule has 4 heterocycles. The molecule has 9 nitrogen and oxygen atoms in total. The molecule has 0 amide bonds. The molecule has 0 unspecified atom stereocenters. The molecule has 1 aromatic heterocycles. The third kappa shape index (κ3) is 7.16. The Balaban J connectivity index is 1.13. The number of hydrogen-bond acceptors (Lipinski definition) is 8. The van der Waals surface area contributed by atoms with Crippen LogP contribution in [0.4, 0.5) is 0 Å². The molecule has 6 rings (SSSR count). The van der Waals surface area contributed by atoms with Gasteiger partial charge in [-0.25, -0.2) is 0 Å². The van der Waals surface area contributed by atoms with Crippen molar-refractivity contribution in [2.75, 3.05) is 39.5 Å². The van der Waals surface area contributed by atoms with Crippen molar-refractivity contribution in [2.24, 2.45) is 0 Å². The third-order valence-electron chi connectivity index (χ3n) is 6.47. The van der Waals surface area contributed by atoms with Crippen molar-refractivity contribution in [2.45, 2.75) is 25.6 Å². The van der Waals surface area contributed by atoms with Crippen LogP contribution in [0.1, 0.15) is 28.0 Å². The maximum Gasteiger partial charge on any atom is 0.501 e. The number of aryl methyl sites for hydroxylation is 1. The summed E-state index contributed by atoms with van der Waals surface area (Å²) in [5, 5.41) is 9.12. The highest BCUT2D eigenvalue weighted by Crippen LogP contribution is 2.23. The zero-order valence-corrected chi connectivity index (χ0v) is 22.9. The number of para-hydroxylation sites is 1. The largest absolute Gasteiger partial charge is 0.501 e. The van der Waals surface area contributed by atoms with Gasteiger partial charge in [0.1, 0.15) is 18.1 Å². The third-order valence-corrected chi connectivity index (χ3v) is 9.62. The van der Waals surface area contributed by atoms with E-state index in [1.807, 2.05) is 30.5 Å². The summed E-state index contributed by atoms with van der Waals surface area (Å²) in [5.74, 6) is 0.349. The van der Waals surface area contributed by atoms with Gasteiger partial charge in [0.15, 0.2) is 5.78 Å². The molecule has 3 saturated heterocycles. The highest BCUT2D eigenvalue weighted by atomic mass is 35.5. The molecule has 0 spiro atoms. The molecule has 3 aliphatic heterocycles. The lowest BCUT2D eigenvalue weighted by molar-refractivity contribution is -0.00869. The highest BCUT2D eigenvalue weighted by molar-refractivity contribution is 6.60. The molecule has 2 aromatic carbocycles. The van der Waals surface area contributed by atoms with Crippen molar-refractivity contribution in [3.05, 3.63) is 82.6 Å². The van der Waals surface area contributed by atoms with Gasteiger partial charge in [0.05, 0.1) is 31.6 Å². The van der Waals surface area contributed by atoms with Gasteiger partial charge < -0.3 is 18.0 Å². The smallest absolute Gasteiger partial charge is 0.486 e. The summed E-state index contributed by atoms with van der Waals surface area (Å²) in [5.41, 5.74) is 2.05. The molecule has 0 aliphatic carbocycles. The lowest BCUT2D eigenvalue weighted by atomic mass is 10.1. The SMILES string of the molecule is O=C(/C=C/c1ccc(Cl)cc1)c1ccccc1OCc1cn(CCC[Si]23OCCN(CCO2)CCO3)nn1. The van der Waals surface area contributed by atoms with Crippen LogP contribution in [0, 0.1) is 0 Å². The van der Waals surface area contributed by atoms with Crippen LogP contribution in [0.3, 0.4) is 0 Å². The standard InChI is InChI=1S/C27H31ClN4O5Si/c28-23-9-6-22(7-10-23)8-11-26(33)25-4-1-2-5-27(25)34-21-24-20-32(30-29-24)12-3-19-38-35-16-13-31(14-17-36-38)15-18-37-38/h1-2,4-11,20H,3,12-19,21H2/b11-8+. The summed E-state index contributed by atoms with van der Waals surface area (Å²) in [6, 6.07) is 15.2. The topological polar surface area (TPSA) is 87.9 Å². The summed E-state index contributed by atoms with van der Waals surface area (Å²) in [6.45, 7) is 5.63. The molecular weight excluding hydrogens is 524 g/mol. The Labute approximate surface area is 228 Å². The number of aromatic nitrogens is 3. The van der Waals surface area contributed by atoms with Gasteiger partial charge >= 0.3 is 8.80 Å². The number of nitrogens with zero attached hydrogens (tertiary/aromatic N) is 4. The predicted molar refractivity (Wildman–Crippen MR) is 145 cm³/mol. The number of halogens is 1. The van der Waals surface area contributed by atoms with Crippen LogP contribution in [0.5, 0.6) is 5.75 Å². The van der Waals surface area contributed by atoms with E-state index in [4.69, 9.17) is 29.6 Å². The lowest BCUT2D eigenvalue weighted by Gasteiger charge is -2.38. The van der Waals surface area contributed by atoms with Gasteiger partial charge in [0, 0.05) is 37.2 Å². The summed E-state index contributed by atoms with van der Waals surface area (Å²) < 4.78 is 26.1. The van der Waals surface area contributed by atoms with E-state index < -0.39 is 8.80 Å². The maximum absolute atomic E-state index is 12.8. The number of allylic oxidation sites excluding steroid dienone is 1. The Kier molecular flexibility index (Phi) is 9.00. The zero-order chi connectivity index (χ0) is 26.2. The fraction of sp³-hybridized carbons (Fsp3) is 0.370. The van der Waals surface area contributed by atoms with E-state index in [0.29, 0.717) is 48.4 Å². The van der Waals surface area contributed by atoms with Crippen LogP contribution in [0.2, 0.25) is 11.1 Å². The molecule has 38 heavy (non-hydrogen) atoms. The van der Waals surface area contributed by atoms with Gasteiger partial charge in [-0.15, -0.1) is 5.10 Å². The Bertz CT molecular complexity index is 1230. The molecule has 200 valence electrons. The molecule has 3 fully saturated rings. The number of benzene rings is 2. The normalized spacial score (nSPS) is 21.7. The van der Waals surface area contributed by atoms with E-state index >= 15 is 0 Å². The molecule has 3 aromatic rings. The molecule has 3 aliphatic rings. The molecule has 0 atom stereocenters. The van der Waals surface area contributed by atoms with Crippen LogP contribution in [-0.2, 0) is 26.4 Å². The van der Waals surface area contributed by atoms with Gasteiger partial charge in [-0.05, 0) is 42.3 Å². The highest BCUT2D eigenvalue weighted by Gasteiger charge is 2.43. The van der Waals surface area contributed by atoms with Crippen molar-refractivity contribution < 1.29 is 22.8 Å². The lowest BCUT2D eigenvalue weighted by Crippen LogP contribution is -2.55. The first-order valence-corrected chi connectivity index (χ1v) is 15.1. The first-order chi connectivity index (χ1) is 18.6. The number of rotatable bonds is 10. The summed E-state index contributed by atoms with van der Waals surface area (Å²) in [4.78, 5) is 15.1. The summed E-state index contributed by atoms with van der Waals surface area (Å²) in [7, 11) is -2.64. The van der Waals surface area contributed by atoms with Crippen LogP contribution >= 0.6 is 11.6 Å². The molecule has 0 N–H and O–H groups in total. The molecular formula is C27H31ClN4O5Si. The number of carbonyl (C=O) groups is 1. The van der Waals surface area contributed by atoms with Gasteiger partial charge in [0.2, 0.25) is 0 Å². The molecule has 11 heteroatoms. The van der Waals surface area contributed by atoms with Crippen LogP contribution in [0.25, 0.3) is 6.08 Å². The quantitative estimate of drug-likeness (QED) is 0.210. The van der Waals surface area contributed by atoms with Crippen LogP contribution in [0.15, 0.2) is 60.8 Å². The first kappa shape index (κ1) is 26.7. The molecule has 2 bridgehead atoms. The van der Waals surface area contributed by atoms with Gasteiger partial charge in [-0.1, -0.05) is 47.2 Å². The minimum Gasteiger partial charge on any atom is -0.486 e. The predicted octanol–water partition coefficient (Wildman–Crippen LogP) is 4.11. The van der Waals surface area contributed by atoms with E-state index in [0.717, 1.165) is 37.7 Å². The van der Waals surface area contributed by atoms with Crippen molar-refractivity contribution in [1.29, 1.82) is 0 Å². The average Bonchev–Trinajstić information content (AvgIpc) is 3.35.